The first-order valence-electron chi connectivity index (χ1n) is 3.36. The van der Waals surface area contributed by atoms with Crippen LogP contribution in [-0.4, -0.2) is 18.3 Å². The number of halogens is 1. The van der Waals surface area contributed by atoms with Gasteiger partial charge in [-0.15, -0.1) is 0 Å². The molecule has 1 aromatic rings. The lowest BCUT2D eigenvalue weighted by molar-refractivity contribution is -0.385. The summed E-state index contributed by atoms with van der Waals surface area (Å²) in [6.07, 6.45) is 0. The maximum atomic E-state index is 10.8. The van der Waals surface area contributed by atoms with Crippen LogP contribution in [0.5, 0.6) is 0 Å². The molecule has 1 rings (SSSR count). The van der Waals surface area contributed by atoms with E-state index in [0.29, 0.717) is 6.07 Å². The van der Waals surface area contributed by atoms with Crippen LogP contribution in [0.4, 0.5) is 5.69 Å². The fourth-order valence-electron chi connectivity index (χ4n) is 0.779. The molecule has 0 N–H and O–H groups in total. The van der Waals surface area contributed by atoms with E-state index < -0.39 is 24.7 Å². The van der Waals surface area contributed by atoms with Crippen molar-refractivity contribution in [1.82, 2.24) is 4.98 Å². The van der Waals surface area contributed by atoms with Crippen molar-refractivity contribution in [3.63, 3.8) is 0 Å². The molecule has 0 unspecified atom stereocenters. The highest BCUT2D eigenvalue weighted by Crippen LogP contribution is 2.19. The van der Waals surface area contributed by atoms with Crippen LogP contribution in [0.2, 0.25) is 0 Å². The quantitative estimate of drug-likeness (QED) is 0.433. The van der Waals surface area contributed by atoms with E-state index >= 15 is 0 Å². The Morgan fingerprint density at radius 2 is 2.13 bits per heavy atom. The minimum Gasteiger partial charge on any atom is -0.258 e. The smallest absolute Gasteiger partial charge is 0.258 e. The van der Waals surface area contributed by atoms with E-state index in [2.05, 4.69) is 4.98 Å². The highest BCUT2D eigenvalue weighted by Gasteiger charge is 2.19. The first-order valence-corrected chi connectivity index (χ1v) is 5.67. The fourth-order valence-corrected chi connectivity index (χ4v) is 1.49. The van der Waals surface area contributed by atoms with Gasteiger partial charge in [0.15, 0.2) is 5.03 Å². The van der Waals surface area contributed by atoms with E-state index in [9.17, 15) is 18.5 Å². The zero-order chi connectivity index (χ0) is 11.6. The van der Waals surface area contributed by atoms with Gasteiger partial charge in [-0.25, -0.2) is 13.4 Å². The summed E-state index contributed by atoms with van der Waals surface area (Å²) in [5.41, 5.74) is -0.941. The standard InChI is InChI=1S/C6H2ClN3O4S/c7-15(13,14)6-2-5(10(11)12)1-4(3-8)9-6/h1-2H. The van der Waals surface area contributed by atoms with E-state index in [-0.39, 0.29) is 5.69 Å². The van der Waals surface area contributed by atoms with Crippen LogP contribution in [0.15, 0.2) is 17.2 Å². The number of nitrogens with zero attached hydrogens (tertiary/aromatic N) is 3. The van der Waals surface area contributed by atoms with E-state index in [1.165, 1.54) is 6.07 Å². The van der Waals surface area contributed by atoms with E-state index in [4.69, 9.17) is 15.9 Å². The molecule has 0 aromatic carbocycles. The van der Waals surface area contributed by atoms with Crippen molar-refractivity contribution < 1.29 is 13.3 Å². The Hall–Kier alpha value is -1.72. The molecule has 0 radical (unpaired) electrons. The SMILES string of the molecule is N#Cc1cc([N+](=O)[O-])cc(S(=O)(=O)Cl)n1. The normalized spacial score (nSPS) is 10.7. The largest absolute Gasteiger partial charge is 0.278 e. The molecule has 0 fully saturated rings. The molecule has 15 heavy (non-hydrogen) atoms. The maximum Gasteiger partial charge on any atom is 0.278 e. The molecule has 0 aliphatic heterocycles. The van der Waals surface area contributed by atoms with Crippen molar-refractivity contribution in [3.8, 4) is 6.07 Å². The highest BCUT2D eigenvalue weighted by molar-refractivity contribution is 8.13. The van der Waals surface area contributed by atoms with Crippen LogP contribution in [-0.2, 0) is 9.05 Å². The second-order valence-corrected chi connectivity index (χ2v) is 4.87. The summed E-state index contributed by atoms with van der Waals surface area (Å²) in [4.78, 5) is 12.9. The van der Waals surface area contributed by atoms with Crippen molar-refractivity contribution in [2.24, 2.45) is 0 Å². The van der Waals surface area contributed by atoms with Gasteiger partial charge < -0.3 is 0 Å². The number of hydrogen-bond donors (Lipinski definition) is 0. The van der Waals surface area contributed by atoms with Crippen LogP contribution in [0.25, 0.3) is 0 Å². The first kappa shape index (κ1) is 11.4. The van der Waals surface area contributed by atoms with Crippen LogP contribution in [0.1, 0.15) is 5.69 Å². The summed E-state index contributed by atoms with van der Waals surface area (Å²) in [6, 6.07) is 3.03. The van der Waals surface area contributed by atoms with Gasteiger partial charge in [0.25, 0.3) is 14.7 Å². The highest BCUT2D eigenvalue weighted by atomic mass is 35.7. The second kappa shape index (κ2) is 3.80. The van der Waals surface area contributed by atoms with Gasteiger partial charge in [-0.05, 0) is 0 Å². The molecule has 0 aliphatic rings. The van der Waals surface area contributed by atoms with Crippen molar-refractivity contribution in [2.45, 2.75) is 5.03 Å². The van der Waals surface area contributed by atoms with Crippen LogP contribution >= 0.6 is 10.7 Å². The summed E-state index contributed by atoms with van der Waals surface area (Å²) in [5.74, 6) is 0. The maximum absolute atomic E-state index is 10.8. The zero-order valence-corrected chi connectivity index (χ0v) is 8.49. The fraction of sp³-hybridized carbons (Fsp3) is 0. The average Bonchev–Trinajstić information content (AvgIpc) is 2.15. The molecule has 0 spiro atoms. The Labute approximate surface area is 88.5 Å². The predicted molar refractivity (Wildman–Crippen MR) is 48.6 cm³/mol. The van der Waals surface area contributed by atoms with Gasteiger partial charge in [-0.1, -0.05) is 0 Å². The molecule has 1 aromatic heterocycles. The Morgan fingerprint density at radius 3 is 2.53 bits per heavy atom. The molecule has 0 saturated carbocycles. The van der Waals surface area contributed by atoms with Gasteiger partial charge in [-0.3, -0.25) is 10.1 Å². The third-order valence-electron chi connectivity index (χ3n) is 1.36. The summed E-state index contributed by atoms with van der Waals surface area (Å²) in [6.45, 7) is 0. The Morgan fingerprint density at radius 1 is 1.53 bits per heavy atom. The number of aromatic nitrogens is 1. The monoisotopic (exact) mass is 247 g/mol. The number of rotatable bonds is 2. The molecule has 0 amide bonds. The molecule has 0 bridgehead atoms. The minimum atomic E-state index is -4.19. The van der Waals surface area contributed by atoms with Crippen molar-refractivity contribution in [1.29, 1.82) is 5.26 Å². The Kier molecular flexibility index (Phi) is 2.88. The average molecular weight is 248 g/mol. The molecule has 0 atom stereocenters. The Bertz CT molecular complexity index is 562. The van der Waals surface area contributed by atoms with Crippen molar-refractivity contribution >= 4 is 25.4 Å². The van der Waals surface area contributed by atoms with Crippen LogP contribution in [0, 0.1) is 21.4 Å². The van der Waals surface area contributed by atoms with Gasteiger partial charge >= 0.3 is 0 Å². The first-order chi connectivity index (χ1) is 6.84. The third kappa shape index (κ3) is 2.61. The van der Waals surface area contributed by atoms with E-state index in [0.717, 1.165) is 6.07 Å². The zero-order valence-electron chi connectivity index (χ0n) is 6.92. The van der Waals surface area contributed by atoms with E-state index in [1.54, 1.807) is 0 Å². The van der Waals surface area contributed by atoms with E-state index in [1.807, 2.05) is 0 Å². The second-order valence-electron chi connectivity index (χ2n) is 2.36. The lowest BCUT2D eigenvalue weighted by Gasteiger charge is -1.96. The number of hydrogen-bond acceptors (Lipinski definition) is 6. The van der Waals surface area contributed by atoms with Crippen molar-refractivity contribution in [3.05, 3.63) is 27.9 Å². The summed E-state index contributed by atoms with van der Waals surface area (Å²) in [7, 11) is 0.756. The Balaban J connectivity index is 3.52. The van der Waals surface area contributed by atoms with Gasteiger partial charge in [-0.2, -0.15) is 5.26 Å². The lowest BCUT2D eigenvalue weighted by atomic mass is 10.3. The van der Waals surface area contributed by atoms with Gasteiger partial charge in [0, 0.05) is 10.7 Å². The number of nitro groups is 1. The topological polar surface area (TPSA) is 114 Å². The molecule has 7 nitrogen and oxygen atoms in total. The van der Waals surface area contributed by atoms with Crippen LogP contribution in [0.3, 0.4) is 0 Å². The third-order valence-corrected chi connectivity index (χ3v) is 2.54. The molecular weight excluding hydrogens is 246 g/mol. The molecule has 78 valence electrons. The molecule has 0 saturated heterocycles. The summed E-state index contributed by atoms with van der Waals surface area (Å²) >= 11 is 0. The van der Waals surface area contributed by atoms with Crippen LogP contribution < -0.4 is 0 Å². The van der Waals surface area contributed by atoms with Gasteiger partial charge in [0.1, 0.15) is 11.8 Å². The molecular formula is C6H2ClN3O4S. The summed E-state index contributed by atoms with van der Waals surface area (Å²) in [5, 5.41) is 18.1. The number of nitriles is 1. The van der Waals surface area contributed by atoms with Crippen molar-refractivity contribution in [2.75, 3.05) is 0 Å². The van der Waals surface area contributed by atoms with Gasteiger partial charge in [0.05, 0.1) is 17.1 Å². The minimum absolute atomic E-state index is 0.386. The molecule has 1 heterocycles. The predicted octanol–water partition coefficient (Wildman–Crippen LogP) is 0.789. The lowest BCUT2D eigenvalue weighted by Crippen LogP contribution is -1.99. The number of pyridine rings is 1. The summed E-state index contributed by atoms with van der Waals surface area (Å²) < 4.78 is 21.7. The van der Waals surface area contributed by atoms with Gasteiger partial charge in [0.2, 0.25) is 0 Å². The molecule has 0 aliphatic carbocycles. The molecule has 9 heteroatoms.